The normalized spacial score (nSPS) is 27.6. The highest BCUT2D eigenvalue weighted by molar-refractivity contribution is 5.75. The number of hydrogen-bond acceptors (Lipinski definition) is 4. The Labute approximate surface area is 151 Å². The summed E-state index contributed by atoms with van der Waals surface area (Å²) in [5.74, 6) is 0.414. The van der Waals surface area contributed by atoms with E-state index in [-0.39, 0.29) is 12.3 Å². The maximum atomic E-state index is 11.7. The fraction of sp³-hybridized carbons (Fsp3) is 0.895. The first-order chi connectivity index (χ1) is 12.1. The molecule has 6 heteroatoms. The third-order valence-corrected chi connectivity index (χ3v) is 5.59. The van der Waals surface area contributed by atoms with Gasteiger partial charge in [0.2, 0.25) is 5.91 Å². The lowest BCUT2D eigenvalue weighted by Crippen LogP contribution is -2.44. The van der Waals surface area contributed by atoms with Gasteiger partial charge in [-0.1, -0.05) is 32.6 Å². The van der Waals surface area contributed by atoms with Crippen molar-refractivity contribution in [3.8, 4) is 0 Å². The molecule has 0 spiro atoms. The van der Waals surface area contributed by atoms with E-state index in [9.17, 15) is 9.59 Å². The van der Waals surface area contributed by atoms with Gasteiger partial charge in [-0.2, -0.15) is 0 Å². The second-order valence-electron chi connectivity index (χ2n) is 7.50. The van der Waals surface area contributed by atoms with Gasteiger partial charge in [0.25, 0.3) is 0 Å². The molecular weight excluding hydrogens is 320 g/mol. The summed E-state index contributed by atoms with van der Waals surface area (Å²) < 4.78 is 6.10. The zero-order valence-electron chi connectivity index (χ0n) is 15.5. The van der Waals surface area contributed by atoms with Gasteiger partial charge >= 0.3 is 5.97 Å². The first-order valence-corrected chi connectivity index (χ1v) is 10.0. The van der Waals surface area contributed by atoms with Crippen LogP contribution in [0.15, 0.2) is 0 Å². The molecule has 0 aromatic heterocycles. The highest BCUT2D eigenvalue weighted by atomic mass is 16.5. The molecule has 0 aliphatic carbocycles. The molecule has 3 N–H and O–H groups in total. The largest absolute Gasteiger partial charge is 0.481 e. The van der Waals surface area contributed by atoms with E-state index < -0.39 is 5.97 Å². The van der Waals surface area contributed by atoms with Crippen molar-refractivity contribution in [1.82, 2.24) is 10.9 Å². The predicted octanol–water partition coefficient (Wildman–Crippen LogP) is 3.02. The van der Waals surface area contributed by atoms with Gasteiger partial charge in [0, 0.05) is 25.3 Å². The van der Waals surface area contributed by atoms with E-state index in [2.05, 4.69) is 17.8 Å². The Morgan fingerprint density at radius 1 is 1.00 bits per heavy atom. The van der Waals surface area contributed by atoms with Crippen molar-refractivity contribution in [3.63, 3.8) is 0 Å². The molecule has 2 rings (SSSR count). The number of hydrazine groups is 1. The molecular formula is C19H34N2O4. The van der Waals surface area contributed by atoms with Crippen molar-refractivity contribution in [2.45, 2.75) is 89.8 Å². The average molecular weight is 354 g/mol. The van der Waals surface area contributed by atoms with Crippen LogP contribution < -0.4 is 10.9 Å². The number of hydrogen-bond donors (Lipinski definition) is 3. The van der Waals surface area contributed by atoms with E-state index in [4.69, 9.17) is 9.84 Å². The topological polar surface area (TPSA) is 87.7 Å². The summed E-state index contributed by atoms with van der Waals surface area (Å²) in [4.78, 5) is 22.2. The smallest absolute Gasteiger partial charge is 0.303 e. The maximum absolute atomic E-state index is 11.7. The molecule has 0 aromatic carbocycles. The van der Waals surface area contributed by atoms with E-state index in [1.807, 2.05) is 0 Å². The first kappa shape index (κ1) is 20.2. The van der Waals surface area contributed by atoms with Crippen molar-refractivity contribution >= 4 is 11.9 Å². The van der Waals surface area contributed by atoms with Crippen LogP contribution in [-0.4, -0.2) is 35.7 Å². The number of carboxylic acids is 1. The Balaban J connectivity index is 1.64. The number of nitrogens with one attached hydrogen (secondary N) is 2. The van der Waals surface area contributed by atoms with Gasteiger partial charge in [0.15, 0.2) is 0 Å². The van der Waals surface area contributed by atoms with Crippen LogP contribution in [0, 0.1) is 11.8 Å². The summed E-state index contributed by atoms with van der Waals surface area (Å²) in [5, 5.41) is 8.66. The summed E-state index contributed by atoms with van der Waals surface area (Å²) in [5.41, 5.74) is 5.95. The van der Waals surface area contributed by atoms with E-state index in [1.54, 1.807) is 0 Å². The van der Waals surface area contributed by atoms with Gasteiger partial charge in [0.05, 0.1) is 12.2 Å². The van der Waals surface area contributed by atoms with E-state index >= 15 is 0 Å². The zero-order chi connectivity index (χ0) is 18.1. The quantitative estimate of drug-likeness (QED) is 0.349. The molecule has 0 aromatic rings. The van der Waals surface area contributed by atoms with Crippen LogP contribution in [-0.2, 0) is 14.3 Å². The number of fused-ring (bicyclic) bond motifs is 2. The lowest BCUT2D eigenvalue weighted by atomic mass is 9.76. The van der Waals surface area contributed by atoms with Crippen LogP contribution >= 0.6 is 0 Å². The van der Waals surface area contributed by atoms with Gasteiger partial charge in [-0.05, 0) is 38.0 Å². The summed E-state index contributed by atoms with van der Waals surface area (Å²) >= 11 is 0. The molecule has 2 heterocycles. The Bertz CT molecular complexity index is 430. The lowest BCUT2D eigenvalue weighted by molar-refractivity contribution is -0.137. The Hall–Kier alpha value is -1.14. The number of ether oxygens (including phenoxy) is 1. The van der Waals surface area contributed by atoms with Crippen molar-refractivity contribution in [1.29, 1.82) is 0 Å². The third-order valence-electron chi connectivity index (χ3n) is 5.59. The highest BCUT2D eigenvalue weighted by Crippen LogP contribution is 2.45. The Morgan fingerprint density at radius 3 is 2.44 bits per heavy atom. The highest BCUT2D eigenvalue weighted by Gasteiger charge is 2.47. The van der Waals surface area contributed by atoms with Gasteiger partial charge in [-0.15, -0.1) is 0 Å². The maximum Gasteiger partial charge on any atom is 0.303 e. The Morgan fingerprint density at radius 2 is 1.72 bits per heavy atom. The molecule has 144 valence electrons. The second-order valence-corrected chi connectivity index (χ2v) is 7.50. The zero-order valence-corrected chi connectivity index (χ0v) is 15.5. The molecule has 25 heavy (non-hydrogen) atoms. The summed E-state index contributed by atoms with van der Waals surface area (Å²) in [7, 11) is 0. The summed E-state index contributed by atoms with van der Waals surface area (Å²) in [6.07, 6.45) is 11.0. The molecule has 2 fully saturated rings. The molecule has 2 bridgehead atoms. The second kappa shape index (κ2) is 10.8. The van der Waals surface area contributed by atoms with Crippen LogP contribution in [0.5, 0.6) is 0 Å². The van der Waals surface area contributed by atoms with Gasteiger partial charge < -0.3 is 9.84 Å². The van der Waals surface area contributed by atoms with Crippen LogP contribution in [0.25, 0.3) is 0 Å². The number of rotatable bonds is 13. The monoisotopic (exact) mass is 354 g/mol. The number of aliphatic carboxylic acids is 1. The minimum Gasteiger partial charge on any atom is -0.481 e. The fourth-order valence-corrected chi connectivity index (χ4v) is 4.23. The van der Waals surface area contributed by atoms with Crippen LogP contribution in [0.1, 0.15) is 77.6 Å². The lowest BCUT2D eigenvalue weighted by Gasteiger charge is -2.28. The van der Waals surface area contributed by atoms with Gasteiger partial charge in [-0.25, -0.2) is 5.43 Å². The molecule has 6 nitrogen and oxygen atoms in total. The molecule has 0 radical (unpaired) electrons. The number of amides is 1. The molecule has 1 amide bonds. The van der Waals surface area contributed by atoms with Crippen LogP contribution in [0.2, 0.25) is 0 Å². The van der Waals surface area contributed by atoms with Crippen molar-refractivity contribution in [2.75, 3.05) is 6.54 Å². The molecule has 2 saturated heterocycles. The molecule has 0 saturated carbocycles. The first-order valence-electron chi connectivity index (χ1n) is 10.0. The molecule has 0 unspecified atom stereocenters. The molecule has 2 aliphatic heterocycles. The standard InChI is InChI=1S/C19H34N2O4/c1-2-3-9-18(22)21-20-13-15-14(16-11-12-17(15)25-16)8-6-4-5-7-10-19(23)24/h14-17,20H,2-13H2,1H3,(H,21,22)(H,23,24)/t14-,15-,16+,17+/m1/s1. The van der Waals surface area contributed by atoms with Crippen molar-refractivity contribution < 1.29 is 19.4 Å². The Kier molecular flexibility index (Phi) is 8.68. The minimum absolute atomic E-state index is 0.0703. The van der Waals surface area contributed by atoms with E-state index in [1.165, 1.54) is 0 Å². The van der Waals surface area contributed by atoms with E-state index in [0.717, 1.165) is 64.3 Å². The molecule has 2 aliphatic rings. The minimum atomic E-state index is -0.700. The van der Waals surface area contributed by atoms with Crippen molar-refractivity contribution in [3.05, 3.63) is 0 Å². The number of carbonyl (C=O) groups is 2. The fourth-order valence-electron chi connectivity index (χ4n) is 4.23. The SMILES string of the molecule is CCCCC(=O)NNC[C@@H]1[C@@H](CCCCCCC(=O)O)[C@@H]2CC[C@@H]1O2. The summed E-state index contributed by atoms with van der Waals surface area (Å²) in [6.45, 7) is 2.86. The van der Waals surface area contributed by atoms with Crippen molar-refractivity contribution in [2.24, 2.45) is 11.8 Å². The predicted molar refractivity (Wildman–Crippen MR) is 95.9 cm³/mol. The van der Waals surface area contributed by atoms with E-state index in [0.29, 0.717) is 30.5 Å². The number of unbranched alkanes of at least 4 members (excludes halogenated alkanes) is 4. The summed E-state index contributed by atoms with van der Waals surface area (Å²) in [6, 6.07) is 0. The van der Waals surface area contributed by atoms with Crippen LogP contribution in [0.4, 0.5) is 0 Å². The van der Waals surface area contributed by atoms with Crippen LogP contribution in [0.3, 0.4) is 0 Å². The molecule has 4 atom stereocenters. The van der Waals surface area contributed by atoms with Gasteiger partial charge in [-0.3, -0.25) is 15.0 Å². The third kappa shape index (κ3) is 6.59. The number of carboxylic acid groups (broad SMARTS) is 1. The number of carbonyl (C=O) groups excluding carboxylic acids is 1. The average Bonchev–Trinajstić information content (AvgIpc) is 3.18. The van der Waals surface area contributed by atoms with Gasteiger partial charge in [0.1, 0.15) is 0 Å².